The summed E-state index contributed by atoms with van der Waals surface area (Å²) >= 11 is 0. The molecule has 0 radical (unpaired) electrons. The molecule has 0 fully saturated rings. The maximum Gasteiger partial charge on any atom is 0.0950 e. The number of nitrogens with zero attached hydrogens (tertiary/aromatic N) is 3. The van der Waals surface area contributed by atoms with E-state index in [-0.39, 0.29) is 5.41 Å². The van der Waals surface area contributed by atoms with E-state index < -0.39 is 0 Å². The molecular weight excluding hydrogens is 212 g/mol. The van der Waals surface area contributed by atoms with Crippen LogP contribution in [0.25, 0.3) is 0 Å². The largest absolute Gasteiger partial charge is 0.337 e. The van der Waals surface area contributed by atoms with Crippen LogP contribution in [0.4, 0.5) is 0 Å². The summed E-state index contributed by atoms with van der Waals surface area (Å²) in [6.45, 7) is 10.6. The Labute approximate surface area is 105 Å². The number of rotatable bonds is 7. The van der Waals surface area contributed by atoms with E-state index in [4.69, 9.17) is 0 Å². The van der Waals surface area contributed by atoms with Gasteiger partial charge in [-0.25, -0.2) is 4.98 Å². The lowest BCUT2D eigenvalue weighted by molar-refractivity contribution is 0.211. The van der Waals surface area contributed by atoms with Gasteiger partial charge in [0.05, 0.1) is 12.0 Å². The van der Waals surface area contributed by atoms with Gasteiger partial charge in [0.15, 0.2) is 0 Å². The second-order valence-corrected chi connectivity index (χ2v) is 5.72. The van der Waals surface area contributed by atoms with Crippen LogP contribution >= 0.6 is 0 Å². The van der Waals surface area contributed by atoms with E-state index in [1.54, 1.807) is 0 Å². The highest BCUT2D eigenvalue weighted by molar-refractivity contribution is 4.96. The summed E-state index contributed by atoms with van der Waals surface area (Å²) in [4.78, 5) is 6.64. The zero-order valence-corrected chi connectivity index (χ0v) is 11.8. The minimum absolute atomic E-state index is 0.264. The van der Waals surface area contributed by atoms with Gasteiger partial charge in [-0.05, 0) is 26.1 Å². The Balaban J connectivity index is 2.53. The molecule has 4 heteroatoms. The Morgan fingerprint density at radius 2 is 2.12 bits per heavy atom. The fourth-order valence-corrected chi connectivity index (χ4v) is 2.24. The van der Waals surface area contributed by atoms with Gasteiger partial charge in [-0.1, -0.05) is 20.8 Å². The van der Waals surface area contributed by atoms with Gasteiger partial charge in [-0.15, -0.1) is 0 Å². The molecule has 0 saturated heterocycles. The molecule has 1 N–H and O–H groups in total. The van der Waals surface area contributed by atoms with E-state index in [0.29, 0.717) is 0 Å². The van der Waals surface area contributed by atoms with Crippen LogP contribution in [-0.2, 0) is 13.1 Å². The van der Waals surface area contributed by atoms with Gasteiger partial charge in [0, 0.05) is 25.8 Å². The summed E-state index contributed by atoms with van der Waals surface area (Å²) in [6, 6.07) is 0. The predicted molar refractivity (Wildman–Crippen MR) is 71.9 cm³/mol. The topological polar surface area (TPSA) is 33.1 Å². The van der Waals surface area contributed by atoms with Crippen LogP contribution in [0.3, 0.4) is 0 Å². The first-order chi connectivity index (χ1) is 7.93. The summed E-state index contributed by atoms with van der Waals surface area (Å²) in [6.07, 6.45) is 4.07. The van der Waals surface area contributed by atoms with Crippen LogP contribution < -0.4 is 5.32 Å². The van der Waals surface area contributed by atoms with Crippen molar-refractivity contribution in [3.05, 3.63) is 18.2 Å². The van der Waals surface area contributed by atoms with E-state index in [0.717, 1.165) is 31.9 Å². The number of hydrogen-bond donors (Lipinski definition) is 1. The van der Waals surface area contributed by atoms with Crippen LogP contribution in [0, 0.1) is 5.41 Å². The number of hydrogen-bond acceptors (Lipinski definition) is 3. The van der Waals surface area contributed by atoms with Crippen LogP contribution in [0.5, 0.6) is 0 Å². The minimum atomic E-state index is 0.264. The van der Waals surface area contributed by atoms with Gasteiger partial charge >= 0.3 is 0 Å². The normalized spacial score (nSPS) is 12.4. The second kappa shape index (κ2) is 6.17. The smallest absolute Gasteiger partial charge is 0.0950 e. The molecule has 1 rings (SSSR count). The third kappa shape index (κ3) is 5.33. The lowest BCUT2D eigenvalue weighted by Crippen LogP contribution is -2.32. The van der Waals surface area contributed by atoms with Crippen LogP contribution in [0.15, 0.2) is 12.5 Å². The molecule has 17 heavy (non-hydrogen) atoms. The first kappa shape index (κ1) is 14.2. The van der Waals surface area contributed by atoms with Crippen molar-refractivity contribution >= 4 is 0 Å². The molecule has 0 aromatic carbocycles. The summed E-state index contributed by atoms with van der Waals surface area (Å²) < 4.78 is 2.19. The molecule has 98 valence electrons. The van der Waals surface area contributed by atoms with Gasteiger partial charge in [0.2, 0.25) is 0 Å². The van der Waals surface area contributed by atoms with Gasteiger partial charge in [0.1, 0.15) is 0 Å². The first-order valence-corrected chi connectivity index (χ1v) is 6.29. The predicted octanol–water partition coefficient (Wildman–Crippen LogP) is 1.58. The van der Waals surface area contributed by atoms with Crippen molar-refractivity contribution in [1.29, 1.82) is 0 Å². The fourth-order valence-electron chi connectivity index (χ4n) is 2.24. The van der Waals surface area contributed by atoms with Crippen molar-refractivity contribution in [2.75, 3.05) is 27.2 Å². The fraction of sp³-hybridized carbons (Fsp3) is 0.769. The Bertz CT molecular complexity index is 328. The molecule has 0 aliphatic carbocycles. The standard InChI is InChI=1S/C13H26N4/c1-6-14-7-12-8-17(11-15-12)10-13(2,3)9-16(4)5/h8,11,14H,6-7,9-10H2,1-5H3. The van der Waals surface area contributed by atoms with Crippen LogP contribution in [-0.4, -0.2) is 41.6 Å². The van der Waals surface area contributed by atoms with E-state index in [1.807, 2.05) is 6.33 Å². The van der Waals surface area contributed by atoms with Crippen molar-refractivity contribution in [2.45, 2.75) is 33.9 Å². The molecule has 0 bridgehead atoms. The zero-order chi connectivity index (χ0) is 12.9. The molecule has 0 saturated carbocycles. The SMILES string of the molecule is CCNCc1cn(CC(C)(C)CN(C)C)cn1. The Hall–Kier alpha value is -0.870. The number of imidazole rings is 1. The quantitative estimate of drug-likeness (QED) is 0.783. The maximum absolute atomic E-state index is 4.40. The average Bonchev–Trinajstić information content (AvgIpc) is 2.59. The average molecular weight is 238 g/mol. The summed E-state index contributed by atoms with van der Waals surface area (Å²) in [5.74, 6) is 0. The lowest BCUT2D eigenvalue weighted by Gasteiger charge is -2.28. The molecule has 0 spiro atoms. The minimum Gasteiger partial charge on any atom is -0.337 e. The lowest BCUT2D eigenvalue weighted by atomic mass is 9.93. The highest BCUT2D eigenvalue weighted by atomic mass is 15.1. The van der Waals surface area contributed by atoms with E-state index >= 15 is 0 Å². The summed E-state index contributed by atoms with van der Waals surface area (Å²) in [5, 5.41) is 3.29. The third-order valence-corrected chi connectivity index (χ3v) is 2.60. The van der Waals surface area contributed by atoms with Gasteiger partial charge in [-0.2, -0.15) is 0 Å². The van der Waals surface area contributed by atoms with Gasteiger partial charge < -0.3 is 14.8 Å². The van der Waals surface area contributed by atoms with Gasteiger partial charge in [0.25, 0.3) is 0 Å². The van der Waals surface area contributed by atoms with Crippen LogP contribution in [0.1, 0.15) is 26.5 Å². The molecule has 0 aliphatic rings. The molecule has 1 heterocycles. The van der Waals surface area contributed by atoms with E-state index in [1.165, 1.54) is 0 Å². The highest BCUT2D eigenvalue weighted by Gasteiger charge is 2.19. The van der Waals surface area contributed by atoms with Crippen molar-refractivity contribution in [1.82, 2.24) is 19.8 Å². The molecule has 0 aliphatic heterocycles. The number of nitrogens with one attached hydrogen (secondary N) is 1. The Kier molecular flexibility index (Phi) is 5.15. The van der Waals surface area contributed by atoms with Crippen LogP contribution in [0.2, 0.25) is 0 Å². The molecule has 1 aromatic heterocycles. The summed E-state index contributed by atoms with van der Waals surface area (Å²) in [5.41, 5.74) is 1.38. The van der Waals surface area contributed by atoms with Crippen molar-refractivity contribution < 1.29 is 0 Å². The molecular formula is C13H26N4. The molecule has 0 unspecified atom stereocenters. The third-order valence-electron chi connectivity index (χ3n) is 2.60. The monoisotopic (exact) mass is 238 g/mol. The van der Waals surface area contributed by atoms with E-state index in [9.17, 15) is 0 Å². The maximum atomic E-state index is 4.40. The Morgan fingerprint density at radius 1 is 1.41 bits per heavy atom. The van der Waals surface area contributed by atoms with Crippen molar-refractivity contribution in [2.24, 2.45) is 5.41 Å². The van der Waals surface area contributed by atoms with Crippen molar-refractivity contribution in [3.8, 4) is 0 Å². The first-order valence-electron chi connectivity index (χ1n) is 6.29. The molecule has 4 nitrogen and oxygen atoms in total. The zero-order valence-electron chi connectivity index (χ0n) is 11.8. The van der Waals surface area contributed by atoms with E-state index in [2.05, 4.69) is 60.8 Å². The second-order valence-electron chi connectivity index (χ2n) is 5.72. The Morgan fingerprint density at radius 3 is 2.71 bits per heavy atom. The molecule has 0 atom stereocenters. The van der Waals surface area contributed by atoms with Crippen molar-refractivity contribution in [3.63, 3.8) is 0 Å². The molecule has 0 amide bonds. The molecule has 1 aromatic rings. The number of aromatic nitrogens is 2. The summed E-state index contributed by atoms with van der Waals surface area (Å²) in [7, 11) is 4.23. The highest BCUT2D eigenvalue weighted by Crippen LogP contribution is 2.18. The van der Waals surface area contributed by atoms with Gasteiger partial charge in [-0.3, -0.25) is 0 Å².